The van der Waals surface area contributed by atoms with E-state index in [9.17, 15) is 9.59 Å². The maximum atomic E-state index is 11.6. The van der Waals surface area contributed by atoms with Crippen LogP contribution in [0.3, 0.4) is 0 Å². The minimum Gasteiger partial charge on any atom is -0.465 e. The number of morpholine rings is 1. The standard InChI is InChI=1S/C12H16N4O4/c1-19-12(18)7-2-3-15-11(9(7)13)16-4-5-20-6-8(16)10(14)17/h2-3,8H,4-6,13H2,1H3,(H2,14,17). The summed E-state index contributed by atoms with van der Waals surface area (Å²) in [6.45, 7) is 1.00. The average Bonchev–Trinajstić information content (AvgIpc) is 2.46. The van der Waals surface area contributed by atoms with E-state index in [-0.39, 0.29) is 17.9 Å². The molecule has 0 bridgehead atoms. The average molecular weight is 280 g/mol. The number of amides is 1. The SMILES string of the molecule is COC(=O)c1ccnc(N2CCOCC2C(N)=O)c1N. The van der Waals surface area contributed by atoms with Crippen molar-refractivity contribution >= 4 is 23.4 Å². The van der Waals surface area contributed by atoms with E-state index in [1.807, 2.05) is 0 Å². The second kappa shape index (κ2) is 5.74. The first-order valence-corrected chi connectivity index (χ1v) is 6.02. The summed E-state index contributed by atoms with van der Waals surface area (Å²) in [6.07, 6.45) is 1.44. The van der Waals surface area contributed by atoms with Gasteiger partial charge < -0.3 is 25.8 Å². The van der Waals surface area contributed by atoms with Crippen LogP contribution in [0.25, 0.3) is 0 Å². The Labute approximate surface area is 115 Å². The first-order valence-electron chi connectivity index (χ1n) is 6.02. The van der Waals surface area contributed by atoms with E-state index in [0.29, 0.717) is 19.0 Å². The highest BCUT2D eigenvalue weighted by atomic mass is 16.5. The van der Waals surface area contributed by atoms with Gasteiger partial charge in [-0.1, -0.05) is 0 Å². The molecule has 0 aliphatic carbocycles. The summed E-state index contributed by atoms with van der Waals surface area (Å²) in [5.74, 6) is -0.760. The van der Waals surface area contributed by atoms with Crippen LogP contribution in [0.15, 0.2) is 12.3 Å². The summed E-state index contributed by atoms with van der Waals surface area (Å²) >= 11 is 0. The van der Waals surface area contributed by atoms with Gasteiger partial charge in [-0.3, -0.25) is 4.79 Å². The molecule has 8 heteroatoms. The zero-order valence-electron chi connectivity index (χ0n) is 11.0. The molecule has 2 heterocycles. The highest BCUT2D eigenvalue weighted by molar-refractivity contribution is 5.98. The van der Waals surface area contributed by atoms with Crippen molar-refractivity contribution in [2.24, 2.45) is 5.73 Å². The van der Waals surface area contributed by atoms with Crippen molar-refractivity contribution in [2.45, 2.75) is 6.04 Å². The number of nitrogens with zero attached hydrogens (tertiary/aromatic N) is 2. The fourth-order valence-corrected chi connectivity index (χ4v) is 2.07. The molecular formula is C12H16N4O4. The molecule has 0 aromatic carbocycles. The van der Waals surface area contributed by atoms with E-state index in [2.05, 4.69) is 9.72 Å². The van der Waals surface area contributed by atoms with Crippen LogP contribution < -0.4 is 16.4 Å². The predicted octanol–water partition coefficient (Wildman–Crippen LogP) is -0.859. The normalized spacial score (nSPS) is 18.6. The number of nitrogen functional groups attached to an aromatic ring is 1. The quantitative estimate of drug-likeness (QED) is 0.691. The molecule has 1 amide bonds. The van der Waals surface area contributed by atoms with Gasteiger partial charge in [0, 0.05) is 12.7 Å². The third kappa shape index (κ3) is 2.50. The van der Waals surface area contributed by atoms with Crippen LogP contribution in [-0.2, 0) is 14.3 Å². The summed E-state index contributed by atoms with van der Waals surface area (Å²) in [5.41, 5.74) is 11.7. The predicted molar refractivity (Wildman–Crippen MR) is 71.1 cm³/mol. The van der Waals surface area contributed by atoms with Crippen LogP contribution in [-0.4, -0.2) is 49.8 Å². The van der Waals surface area contributed by atoms with Gasteiger partial charge in [0.05, 0.1) is 31.6 Å². The Morgan fingerprint density at radius 2 is 2.30 bits per heavy atom. The zero-order valence-corrected chi connectivity index (χ0v) is 11.0. The van der Waals surface area contributed by atoms with E-state index < -0.39 is 17.9 Å². The van der Waals surface area contributed by atoms with Gasteiger partial charge in [-0.2, -0.15) is 0 Å². The van der Waals surface area contributed by atoms with Crippen molar-refractivity contribution in [3.05, 3.63) is 17.8 Å². The molecule has 1 aliphatic rings. The topological polar surface area (TPSA) is 121 Å². The lowest BCUT2D eigenvalue weighted by molar-refractivity contribution is -0.121. The number of carbonyl (C=O) groups excluding carboxylic acids is 2. The summed E-state index contributed by atoms with van der Waals surface area (Å²) in [6, 6.07) is 0.802. The Balaban J connectivity index is 2.40. The molecule has 4 N–H and O–H groups in total. The van der Waals surface area contributed by atoms with Crippen molar-refractivity contribution in [2.75, 3.05) is 37.5 Å². The molecule has 2 rings (SSSR count). The molecule has 1 fully saturated rings. The number of primary amides is 1. The number of ether oxygens (including phenoxy) is 2. The van der Waals surface area contributed by atoms with Crippen LogP contribution >= 0.6 is 0 Å². The van der Waals surface area contributed by atoms with Crippen molar-refractivity contribution in [3.8, 4) is 0 Å². The van der Waals surface area contributed by atoms with Gasteiger partial charge >= 0.3 is 5.97 Å². The molecule has 108 valence electrons. The zero-order chi connectivity index (χ0) is 14.7. The molecule has 8 nitrogen and oxygen atoms in total. The van der Waals surface area contributed by atoms with Gasteiger partial charge in [0.1, 0.15) is 6.04 Å². The Bertz CT molecular complexity index is 534. The van der Waals surface area contributed by atoms with Gasteiger partial charge in [0.2, 0.25) is 5.91 Å². The highest BCUT2D eigenvalue weighted by Crippen LogP contribution is 2.27. The summed E-state index contributed by atoms with van der Waals surface area (Å²) in [5, 5.41) is 0. The van der Waals surface area contributed by atoms with Gasteiger partial charge in [0.15, 0.2) is 5.82 Å². The lowest BCUT2D eigenvalue weighted by Gasteiger charge is -2.35. The number of hydrogen-bond donors (Lipinski definition) is 2. The molecule has 0 saturated carbocycles. The van der Waals surface area contributed by atoms with E-state index in [0.717, 1.165) is 0 Å². The van der Waals surface area contributed by atoms with Crippen LogP contribution in [0.5, 0.6) is 0 Å². The van der Waals surface area contributed by atoms with Crippen molar-refractivity contribution in [1.82, 2.24) is 4.98 Å². The number of rotatable bonds is 3. The van der Waals surface area contributed by atoms with Crippen LogP contribution in [0.4, 0.5) is 11.5 Å². The Hall–Kier alpha value is -2.35. The third-order valence-electron chi connectivity index (χ3n) is 3.10. The van der Waals surface area contributed by atoms with E-state index in [1.165, 1.54) is 19.4 Å². The first kappa shape index (κ1) is 14.1. The van der Waals surface area contributed by atoms with Crippen LogP contribution in [0.1, 0.15) is 10.4 Å². The van der Waals surface area contributed by atoms with Gasteiger partial charge in [-0.25, -0.2) is 9.78 Å². The number of methoxy groups -OCH3 is 1. The van der Waals surface area contributed by atoms with Gasteiger partial charge in [0.25, 0.3) is 0 Å². The third-order valence-corrected chi connectivity index (χ3v) is 3.10. The lowest BCUT2D eigenvalue weighted by Crippen LogP contribution is -2.53. The molecule has 0 spiro atoms. The fraction of sp³-hybridized carbons (Fsp3) is 0.417. The second-order valence-corrected chi connectivity index (χ2v) is 4.27. The number of hydrogen-bond acceptors (Lipinski definition) is 7. The van der Waals surface area contributed by atoms with E-state index in [4.69, 9.17) is 16.2 Å². The van der Waals surface area contributed by atoms with Gasteiger partial charge in [-0.15, -0.1) is 0 Å². The highest BCUT2D eigenvalue weighted by Gasteiger charge is 2.31. The largest absolute Gasteiger partial charge is 0.465 e. The summed E-state index contributed by atoms with van der Waals surface area (Å²) < 4.78 is 9.88. The number of carbonyl (C=O) groups is 2. The monoisotopic (exact) mass is 280 g/mol. The molecule has 0 radical (unpaired) electrons. The number of esters is 1. The molecule has 1 aromatic heterocycles. The lowest BCUT2D eigenvalue weighted by atomic mass is 10.1. The summed E-state index contributed by atoms with van der Waals surface area (Å²) in [7, 11) is 1.27. The second-order valence-electron chi connectivity index (χ2n) is 4.27. The Morgan fingerprint density at radius 3 is 2.95 bits per heavy atom. The molecule has 1 atom stereocenters. The molecular weight excluding hydrogens is 264 g/mol. The van der Waals surface area contributed by atoms with E-state index in [1.54, 1.807) is 4.90 Å². The smallest absolute Gasteiger partial charge is 0.340 e. The molecule has 1 aliphatic heterocycles. The van der Waals surface area contributed by atoms with E-state index >= 15 is 0 Å². The Morgan fingerprint density at radius 1 is 1.55 bits per heavy atom. The van der Waals surface area contributed by atoms with Crippen molar-refractivity contribution in [3.63, 3.8) is 0 Å². The number of pyridine rings is 1. The van der Waals surface area contributed by atoms with Crippen LogP contribution in [0, 0.1) is 0 Å². The fourth-order valence-electron chi connectivity index (χ4n) is 2.07. The molecule has 1 aromatic rings. The Kier molecular flexibility index (Phi) is 4.04. The summed E-state index contributed by atoms with van der Waals surface area (Å²) in [4.78, 5) is 28.9. The van der Waals surface area contributed by atoms with Crippen LogP contribution in [0.2, 0.25) is 0 Å². The first-order chi connectivity index (χ1) is 9.56. The molecule has 1 unspecified atom stereocenters. The number of anilines is 2. The molecule has 1 saturated heterocycles. The van der Waals surface area contributed by atoms with Crippen molar-refractivity contribution < 1.29 is 19.1 Å². The minimum absolute atomic E-state index is 0.160. The molecule has 20 heavy (non-hydrogen) atoms. The maximum absolute atomic E-state index is 11.6. The van der Waals surface area contributed by atoms with Crippen molar-refractivity contribution in [1.29, 1.82) is 0 Å². The number of nitrogens with two attached hydrogens (primary N) is 2. The number of aromatic nitrogens is 1. The minimum atomic E-state index is -0.661. The van der Waals surface area contributed by atoms with Gasteiger partial charge in [-0.05, 0) is 6.07 Å². The maximum Gasteiger partial charge on any atom is 0.340 e.